The van der Waals surface area contributed by atoms with Gasteiger partial charge in [-0.05, 0) is 43.7 Å². The Morgan fingerprint density at radius 3 is 2.92 bits per heavy atom. The molecular weight excluding hydrogens is 328 g/mol. The molecular formula is C21H26N2O3. The molecule has 6 aliphatic rings. The van der Waals surface area contributed by atoms with Gasteiger partial charge in [-0.25, -0.2) is 0 Å². The number of hydroxylamine groups is 3. The number of carbonyl (C=O) groups is 1. The number of quaternary nitrogens is 1. The fourth-order valence-corrected chi connectivity index (χ4v) is 8.34. The number of ether oxygens (including phenoxy) is 1. The summed E-state index contributed by atoms with van der Waals surface area (Å²) in [6.07, 6.45) is 5.82. The van der Waals surface area contributed by atoms with Gasteiger partial charge in [-0.3, -0.25) is 4.79 Å². The Morgan fingerprint density at radius 2 is 2.08 bits per heavy atom. The van der Waals surface area contributed by atoms with Crippen LogP contribution in [0.25, 0.3) is 0 Å². The van der Waals surface area contributed by atoms with Crippen LogP contribution in [-0.4, -0.2) is 42.4 Å². The number of para-hydroxylation sites is 1. The smallest absolute Gasteiger partial charge is 0.311 e. The second-order valence-electron chi connectivity index (χ2n) is 9.41. The Kier molecular flexibility index (Phi) is 2.65. The monoisotopic (exact) mass is 354 g/mol. The van der Waals surface area contributed by atoms with Gasteiger partial charge in [-0.15, -0.1) is 0 Å². The van der Waals surface area contributed by atoms with Gasteiger partial charge >= 0.3 is 5.97 Å². The third kappa shape index (κ3) is 1.38. The molecule has 7 rings (SSSR count). The van der Waals surface area contributed by atoms with Crippen molar-refractivity contribution in [3.05, 3.63) is 35.0 Å². The van der Waals surface area contributed by atoms with E-state index in [1.807, 2.05) is 0 Å². The standard InChI is InChI=1S/C21H26N2O3/c1-26-17(24)15-13-19-7-4-11-23(25)12-10-20(18(19)23)14-5-2-3-6-16(14)22-21(15,20)9-8-19/h2-3,5-6,15,18,22H,4,7-13H2,1H3/t15-,18-,19+,20+,21+,23+/m1/s1. The number of nitrogens with one attached hydrogen (secondary N) is 1. The lowest BCUT2D eigenvalue weighted by molar-refractivity contribution is -0.911. The first-order valence-electron chi connectivity index (χ1n) is 10.0. The molecule has 3 heterocycles. The summed E-state index contributed by atoms with van der Waals surface area (Å²) < 4.78 is 5.25. The van der Waals surface area contributed by atoms with Crippen LogP contribution in [0.3, 0.4) is 0 Å². The third-order valence-electron chi connectivity index (χ3n) is 8.88. The van der Waals surface area contributed by atoms with E-state index >= 15 is 0 Å². The van der Waals surface area contributed by atoms with Gasteiger partial charge in [-0.2, -0.15) is 0 Å². The van der Waals surface area contributed by atoms with Crippen molar-refractivity contribution < 1.29 is 14.2 Å². The highest BCUT2D eigenvalue weighted by Gasteiger charge is 2.82. The van der Waals surface area contributed by atoms with Crippen molar-refractivity contribution in [3.8, 4) is 0 Å². The maximum atomic E-state index is 14.0. The van der Waals surface area contributed by atoms with Crippen LogP contribution in [0.4, 0.5) is 5.69 Å². The van der Waals surface area contributed by atoms with Crippen molar-refractivity contribution in [1.29, 1.82) is 0 Å². The Balaban J connectivity index is 1.67. The number of benzene rings is 1. The fraction of sp³-hybridized carbons (Fsp3) is 0.667. The molecule has 3 aliphatic heterocycles. The highest BCUT2D eigenvalue weighted by Crippen LogP contribution is 2.75. The van der Waals surface area contributed by atoms with E-state index in [0.717, 1.165) is 50.8 Å². The first-order valence-corrected chi connectivity index (χ1v) is 10.0. The Labute approximate surface area is 153 Å². The molecule has 138 valence electrons. The zero-order valence-electron chi connectivity index (χ0n) is 15.3. The van der Waals surface area contributed by atoms with E-state index in [-0.39, 0.29) is 38.9 Å². The second-order valence-corrected chi connectivity index (χ2v) is 9.41. The largest absolute Gasteiger partial charge is 0.633 e. The summed E-state index contributed by atoms with van der Waals surface area (Å²) in [5, 5.41) is 17.8. The summed E-state index contributed by atoms with van der Waals surface area (Å²) in [6, 6.07) is 8.59. The molecule has 3 spiro atoms. The number of fused-ring (bicyclic) bond motifs is 3. The Bertz CT molecular complexity index is 827. The Morgan fingerprint density at radius 1 is 1.23 bits per heavy atom. The molecule has 1 N–H and O–H groups in total. The number of piperidine rings is 1. The van der Waals surface area contributed by atoms with Gasteiger partial charge < -0.3 is 19.9 Å². The molecule has 0 amide bonds. The number of methoxy groups -OCH3 is 1. The first-order chi connectivity index (χ1) is 12.5. The molecule has 0 aromatic heterocycles. The molecule has 5 fully saturated rings. The zero-order chi connectivity index (χ0) is 17.8. The van der Waals surface area contributed by atoms with Crippen molar-refractivity contribution in [3.63, 3.8) is 0 Å². The molecule has 5 nitrogen and oxygen atoms in total. The van der Waals surface area contributed by atoms with Crippen LogP contribution in [-0.2, 0) is 14.9 Å². The molecule has 6 atom stereocenters. The summed E-state index contributed by atoms with van der Waals surface area (Å²) in [7, 11) is 1.51. The Hall–Kier alpha value is -1.59. The molecule has 0 unspecified atom stereocenters. The first kappa shape index (κ1) is 15.5. The minimum Gasteiger partial charge on any atom is -0.633 e. The van der Waals surface area contributed by atoms with Gasteiger partial charge in [0.1, 0.15) is 6.04 Å². The maximum absolute atomic E-state index is 14.0. The van der Waals surface area contributed by atoms with Gasteiger partial charge in [-0.1, -0.05) is 18.2 Å². The molecule has 5 heteroatoms. The highest BCUT2D eigenvalue weighted by molar-refractivity contribution is 5.80. The van der Waals surface area contributed by atoms with E-state index in [2.05, 4.69) is 29.6 Å². The molecule has 26 heavy (non-hydrogen) atoms. The van der Waals surface area contributed by atoms with Gasteiger partial charge in [0.15, 0.2) is 0 Å². The van der Waals surface area contributed by atoms with E-state index in [4.69, 9.17) is 4.74 Å². The van der Waals surface area contributed by atoms with Gasteiger partial charge in [0.05, 0.1) is 37.1 Å². The van der Waals surface area contributed by atoms with Crippen LogP contribution in [0.1, 0.15) is 44.1 Å². The summed E-state index contributed by atoms with van der Waals surface area (Å²) in [6.45, 7) is 1.44. The van der Waals surface area contributed by atoms with Crippen molar-refractivity contribution in [2.45, 2.75) is 55.5 Å². The molecule has 3 saturated carbocycles. The molecule has 1 aromatic rings. The van der Waals surface area contributed by atoms with Crippen LogP contribution in [0.2, 0.25) is 0 Å². The van der Waals surface area contributed by atoms with E-state index in [9.17, 15) is 10.0 Å². The summed E-state index contributed by atoms with van der Waals surface area (Å²) in [5.41, 5.74) is 1.86. The van der Waals surface area contributed by atoms with E-state index < -0.39 is 0 Å². The molecule has 2 bridgehead atoms. The third-order valence-corrected chi connectivity index (χ3v) is 8.88. The van der Waals surface area contributed by atoms with Crippen LogP contribution >= 0.6 is 0 Å². The van der Waals surface area contributed by atoms with Crippen LogP contribution in [0, 0.1) is 16.5 Å². The van der Waals surface area contributed by atoms with Crippen molar-refractivity contribution in [2.24, 2.45) is 11.3 Å². The van der Waals surface area contributed by atoms with Crippen molar-refractivity contribution in [2.75, 3.05) is 25.5 Å². The lowest BCUT2D eigenvalue weighted by Gasteiger charge is -2.70. The predicted molar refractivity (Wildman–Crippen MR) is 97.3 cm³/mol. The van der Waals surface area contributed by atoms with E-state index in [0.29, 0.717) is 6.54 Å². The summed E-state index contributed by atoms with van der Waals surface area (Å²) >= 11 is 0. The lowest BCUT2D eigenvalue weighted by Crippen LogP contribution is -2.79. The number of anilines is 1. The van der Waals surface area contributed by atoms with Gasteiger partial charge in [0.25, 0.3) is 0 Å². The average molecular weight is 354 g/mol. The van der Waals surface area contributed by atoms with E-state index in [1.54, 1.807) is 0 Å². The second kappa shape index (κ2) is 4.45. The molecule has 3 aliphatic carbocycles. The minimum absolute atomic E-state index is 0.00373. The van der Waals surface area contributed by atoms with Gasteiger partial charge in [0, 0.05) is 17.5 Å². The van der Waals surface area contributed by atoms with Crippen LogP contribution in [0.5, 0.6) is 0 Å². The van der Waals surface area contributed by atoms with E-state index in [1.165, 1.54) is 12.7 Å². The normalized spacial score (nSPS) is 49.8. The number of hydrogen-bond acceptors (Lipinski definition) is 4. The van der Waals surface area contributed by atoms with Crippen LogP contribution in [0.15, 0.2) is 24.3 Å². The van der Waals surface area contributed by atoms with Gasteiger partial charge in [0.2, 0.25) is 0 Å². The van der Waals surface area contributed by atoms with Crippen molar-refractivity contribution >= 4 is 11.7 Å². The lowest BCUT2D eigenvalue weighted by atomic mass is 9.39. The minimum atomic E-state index is -0.349. The molecule has 2 saturated heterocycles. The molecule has 0 radical (unpaired) electrons. The summed E-state index contributed by atoms with van der Waals surface area (Å²) in [5.74, 6) is -0.252. The van der Waals surface area contributed by atoms with Crippen LogP contribution < -0.4 is 5.32 Å². The maximum Gasteiger partial charge on any atom is 0.311 e. The number of rotatable bonds is 1. The average Bonchev–Trinajstić information content (AvgIpc) is 3.15. The number of carbonyl (C=O) groups excluding carboxylic acids is 1. The summed E-state index contributed by atoms with van der Waals surface area (Å²) in [4.78, 5) is 12.9. The number of hydrogen-bond donors (Lipinski definition) is 1. The SMILES string of the molecule is COC(=O)[C@H]1C[C@]23CCC[N@+]4([O-])CC[C@]5(c6ccccc6N[C@@]15CC2)[C@@H]34. The topological polar surface area (TPSA) is 61.4 Å². The predicted octanol–water partition coefficient (Wildman–Crippen LogP) is 2.94. The fourth-order valence-electron chi connectivity index (χ4n) is 8.34. The van der Waals surface area contributed by atoms with Crippen molar-refractivity contribution in [1.82, 2.24) is 0 Å². The number of nitrogens with zero attached hydrogens (tertiary/aromatic N) is 1. The number of esters is 1. The zero-order valence-corrected chi connectivity index (χ0v) is 15.3. The molecule has 1 aromatic carbocycles. The highest BCUT2D eigenvalue weighted by atomic mass is 16.6. The quantitative estimate of drug-likeness (QED) is 0.478.